The van der Waals surface area contributed by atoms with Gasteiger partial charge in [-0.25, -0.2) is 8.42 Å². The minimum Gasteiger partial charge on any atom is -0.396 e. The van der Waals surface area contributed by atoms with Crippen molar-refractivity contribution in [3.05, 3.63) is 0 Å². The molecule has 1 unspecified atom stereocenters. The first-order valence-corrected chi connectivity index (χ1v) is 5.71. The summed E-state index contributed by atoms with van der Waals surface area (Å²) < 4.78 is 22.4. The Hall–Kier alpha value is -0.0900. The van der Waals surface area contributed by atoms with Crippen molar-refractivity contribution in [3.63, 3.8) is 0 Å². The lowest BCUT2D eigenvalue weighted by Gasteiger charge is -2.06. The number of hydrogen-bond donors (Lipinski definition) is 1. The summed E-state index contributed by atoms with van der Waals surface area (Å²) in [5, 5.41) is 8.34. The van der Waals surface area contributed by atoms with Gasteiger partial charge >= 0.3 is 0 Å². The van der Waals surface area contributed by atoms with E-state index < -0.39 is 9.84 Å². The van der Waals surface area contributed by atoms with Gasteiger partial charge in [0.25, 0.3) is 0 Å². The lowest BCUT2D eigenvalue weighted by atomic mass is 10.2. The normalized spacial score (nSPS) is 29.0. The molecular formula is C7H14O3S. The SMILES string of the molecule is O=S1(=O)CCCC1CCCO. The van der Waals surface area contributed by atoms with Crippen molar-refractivity contribution < 1.29 is 13.5 Å². The molecule has 0 aromatic heterocycles. The number of sulfone groups is 1. The van der Waals surface area contributed by atoms with E-state index >= 15 is 0 Å². The Balaban J connectivity index is 2.45. The van der Waals surface area contributed by atoms with Crippen LogP contribution in [0.15, 0.2) is 0 Å². The predicted molar refractivity (Wildman–Crippen MR) is 43.1 cm³/mol. The van der Waals surface area contributed by atoms with Gasteiger partial charge in [-0.3, -0.25) is 0 Å². The highest BCUT2D eigenvalue weighted by molar-refractivity contribution is 7.92. The molecule has 0 amide bonds. The molecule has 3 nitrogen and oxygen atoms in total. The third-order valence-corrected chi connectivity index (χ3v) is 4.49. The van der Waals surface area contributed by atoms with E-state index in [2.05, 4.69) is 0 Å². The maximum atomic E-state index is 11.2. The van der Waals surface area contributed by atoms with Crippen LogP contribution < -0.4 is 0 Å². The molecule has 1 aliphatic rings. The molecule has 0 saturated carbocycles. The van der Waals surface area contributed by atoms with Gasteiger partial charge in [0.1, 0.15) is 0 Å². The zero-order valence-electron chi connectivity index (χ0n) is 6.49. The van der Waals surface area contributed by atoms with Crippen LogP contribution in [0.5, 0.6) is 0 Å². The summed E-state index contributed by atoms with van der Waals surface area (Å²) in [5.74, 6) is 0.350. The molecule has 1 fully saturated rings. The Bertz CT molecular complexity index is 208. The average Bonchev–Trinajstić information content (AvgIpc) is 2.25. The van der Waals surface area contributed by atoms with E-state index in [1.54, 1.807) is 0 Å². The smallest absolute Gasteiger partial charge is 0.153 e. The molecule has 4 heteroatoms. The van der Waals surface area contributed by atoms with Crippen molar-refractivity contribution in [1.29, 1.82) is 0 Å². The van der Waals surface area contributed by atoms with E-state index in [0.717, 1.165) is 12.8 Å². The first-order valence-electron chi connectivity index (χ1n) is 3.99. The summed E-state index contributed by atoms with van der Waals surface area (Å²) in [5.41, 5.74) is 0. The van der Waals surface area contributed by atoms with Crippen LogP contribution in [0.25, 0.3) is 0 Å². The van der Waals surface area contributed by atoms with Gasteiger partial charge in [-0.1, -0.05) is 0 Å². The highest BCUT2D eigenvalue weighted by Gasteiger charge is 2.30. The van der Waals surface area contributed by atoms with E-state index in [9.17, 15) is 8.42 Å². The van der Waals surface area contributed by atoms with E-state index in [-0.39, 0.29) is 11.9 Å². The Morgan fingerprint density at radius 1 is 1.45 bits per heavy atom. The molecule has 1 saturated heterocycles. The topological polar surface area (TPSA) is 54.4 Å². The predicted octanol–water partition coefficient (Wildman–Crippen LogP) is 0.336. The number of hydrogen-bond acceptors (Lipinski definition) is 3. The van der Waals surface area contributed by atoms with Gasteiger partial charge in [0.15, 0.2) is 9.84 Å². The maximum absolute atomic E-state index is 11.2. The van der Waals surface area contributed by atoms with Crippen LogP contribution in [0.1, 0.15) is 25.7 Å². The molecule has 0 spiro atoms. The third-order valence-electron chi connectivity index (χ3n) is 2.15. The molecule has 1 rings (SSSR count). The zero-order valence-corrected chi connectivity index (χ0v) is 7.31. The molecule has 0 aliphatic carbocycles. The second kappa shape index (κ2) is 3.54. The van der Waals surface area contributed by atoms with E-state index in [0.29, 0.717) is 18.6 Å². The van der Waals surface area contributed by atoms with Crippen LogP contribution in [0.2, 0.25) is 0 Å². The van der Waals surface area contributed by atoms with Crippen molar-refractivity contribution in [3.8, 4) is 0 Å². The minimum absolute atomic E-state index is 0.103. The Morgan fingerprint density at radius 2 is 2.18 bits per heavy atom. The molecule has 1 N–H and O–H groups in total. The molecule has 0 aromatic rings. The molecule has 0 bridgehead atoms. The van der Waals surface area contributed by atoms with Gasteiger partial charge in [0.2, 0.25) is 0 Å². The van der Waals surface area contributed by atoms with Crippen LogP contribution in [0.3, 0.4) is 0 Å². The van der Waals surface area contributed by atoms with Gasteiger partial charge in [0.05, 0.1) is 11.0 Å². The van der Waals surface area contributed by atoms with Crippen molar-refractivity contribution >= 4 is 9.84 Å². The lowest BCUT2D eigenvalue weighted by molar-refractivity contribution is 0.283. The van der Waals surface area contributed by atoms with Gasteiger partial charge in [-0.15, -0.1) is 0 Å². The summed E-state index contributed by atoms with van der Waals surface area (Å²) in [4.78, 5) is 0. The van der Waals surface area contributed by atoms with Crippen LogP contribution in [0.4, 0.5) is 0 Å². The van der Waals surface area contributed by atoms with Gasteiger partial charge < -0.3 is 5.11 Å². The van der Waals surface area contributed by atoms with Crippen LogP contribution >= 0.6 is 0 Å². The molecule has 0 radical (unpaired) electrons. The molecule has 1 aliphatic heterocycles. The zero-order chi connectivity index (χ0) is 8.32. The summed E-state index contributed by atoms with van der Waals surface area (Å²) in [6.07, 6.45) is 2.85. The fourth-order valence-electron chi connectivity index (χ4n) is 1.50. The summed E-state index contributed by atoms with van der Waals surface area (Å²) in [6, 6.07) is 0. The van der Waals surface area contributed by atoms with Crippen molar-refractivity contribution in [2.24, 2.45) is 0 Å². The number of rotatable bonds is 3. The van der Waals surface area contributed by atoms with E-state index in [1.807, 2.05) is 0 Å². The van der Waals surface area contributed by atoms with Crippen LogP contribution in [-0.4, -0.2) is 31.1 Å². The van der Waals surface area contributed by atoms with Crippen molar-refractivity contribution in [1.82, 2.24) is 0 Å². The summed E-state index contributed by atoms with van der Waals surface area (Å²) in [6.45, 7) is 0.103. The summed E-state index contributed by atoms with van der Waals surface area (Å²) in [7, 11) is -2.77. The molecule has 1 atom stereocenters. The van der Waals surface area contributed by atoms with Crippen LogP contribution in [-0.2, 0) is 9.84 Å². The first-order chi connectivity index (χ1) is 5.17. The highest BCUT2D eigenvalue weighted by atomic mass is 32.2. The molecule has 66 valence electrons. The fourth-order valence-corrected chi connectivity index (χ4v) is 3.46. The average molecular weight is 178 g/mol. The minimum atomic E-state index is -2.77. The van der Waals surface area contributed by atoms with E-state index in [1.165, 1.54) is 0 Å². The standard InChI is InChI=1S/C7H14O3S/c8-5-1-3-7-4-2-6-11(7,9)10/h7-8H,1-6H2. The quantitative estimate of drug-likeness (QED) is 0.678. The molecule has 1 heterocycles. The van der Waals surface area contributed by atoms with Gasteiger partial charge in [-0.2, -0.15) is 0 Å². The van der Waals surface area contributed by atoms with Crippen LogP contribution in [0, 0.1) is 0 Å². The summed E-state index contributed by atoms with van der Waals surface area (Å²) >= 11 is 0. The van der Waals surface area contributed by atoms with E-state index in [4.69, 9.17) is 5.11 Å². The number of aliphatic hydroxyl groups is 1. The largest absolute Gasteiger partial charge is 0.396 e. The highest BCUT2D eigenvalue weighted by Crippen LogP contribution is 2.23. The Morgan fingerprint density at radius 3 is 2.64 bits per heavy atom. The molecule has 11 heavy (non-hydrogen) atoms. The Labute approximate surface area is 67.3 Å². The second-order valence-corrected chi connectivity index (χ2v) is 5.40. The van der Waals surface area contributed by atoms with Crippen molar-refractivity contribution in [2.45, 2.75) is 30.9 Å². The van der Waals surface area contributed by atoms with Gasteiger partial charge in [0, 0.05) is 6.61 Å². The fraction of sp³-hybridized carbons (Fsp3) is 1.00. The Kier molecular flexibility index (Phi) is 2.90. The maximum Gasteiger partial charge on any atom is 0.153 e. The lowest BCUT2D eigenvalue weighted by Crippen LogP contribution is -2.15. The monoisotopic (exact) mass is 178 g/mol. The number of aliphatic hydroxyl groups excluding tert-OH is 1. The molecule has 0 aromatic carbocycles. The third kappa shape index (κ3) is 2.17. The van der Waals surface area contributed by atoms with Gasteiger partial charge in [-0.05, 0) is 25.7 Å². The molecular weight excluding hydrogens is 164 g/mol. The first kappa shape index (κ1) is 9.00. The second-order valence-electron chi connectivity index (χ2n) is 3.00. The van der Waals surface area contributed by atoms with Crippen molar-refractivity contribution in [2.75, 3.05) is 12.4 Å².